The summed E-state index contributed by atoms with van der Waals surface area (Å²) >= 11 is 0. The van der Waals surface area contributed by atoms with Crippen molar-refractivity contribution in [1.29, 1.82) is 0 Å². The number of rotatable bonds is 3. The molecule has 0 amide bonds. The molecule has 0 saturated carbocycles. The molecule has 0 unspecified atom stereocenters. The second-order valence-electron chi connectivity index (χ2n) is 2.52. The summed E-state index contributed by atoms with van der Waals surface area (Å²) in [7, 11) is 0. The summed E-state index contributed by atoms with van der Waals surface area (Å²) in [4.78, 5) is 4.20. The van der Waals surface area contributed by atoms with Crippen LogP contribution in [0.25, 0.3) is 0 Å². The topological polar surface area (TPSA) is 12.4 Å². The first-order chi connectivity index (χ1) is 5.07. The molecule has 0 fully saturated rings. The Morgan fingerprint density at radius 3 is 2.18 bits per heavy atom. The summed E-state index contributed by atoms with van der Waals surface area (Å²) in [5.41, 5.74) is 2.96. The van der Waals surface area contributed by atoms with E-state index in [0.717, 1.165) is 17.0 Å². The van der Waals surface area contributed by atoms with Gasteiger partial charge in [0.2, 0.25) is 0 Å². The third kappa shape index (κ3) is 4.31. The lowest BCUT2D eigenvalue weighted by Gasteiger charge is -1.98. The first kappa shape index (κ1) is 9.89. The van der Waals surface area contributed by atoms with Gasteiger partial charge in [-0.15, -0.1) is 0 Å². The summed E-state index contributed by atoms with van der Waals surface area (Å²) in [6.07, 6.45) is 3.69. The minimum atomic E-state index is 0.833. The normalized spacial score (nSPS) is 13.0. The number of hydrogen-bond donors (Lipinski definition) is 0. The predicted molar refractivity (Wildman–Crippen MR) is 51.9 cm³/mol. The van der Waals surface area contributed by atoms with E-state index in [0.29, 0.717) is 0 Å². The van der Waals surface area contributed by atoms with Gasteiger partial charge in [0, 0.05) is 11.4 Å². The summed E-state index contributed by atoms with van der Waals surface area (Å²) in [5, 5.41) is 0. The van der Waals surface area contributed by atoms with Gasteiger partial charge < -0.3 is 0 Å². The molecule has 0 radical (unpaired) electrons. The second-order valence-corrected chi connectivity index (χ2v) is 2.52. The quantitative estimate of drug-likeness (QED) is 0.432. The molecule has 0 aliphatic heterocycles. The molecule has 0 aromatic heterocycles. The Morgan fingerprint density at radius 2 is 1.82 bits per heavy atom. The van der Waals surface area contributed by atoms with Crippen molar-refractivity contribution in [3.63, 3.8) is 0 Å². The zero-order valence-electron chi connectivity index (χ0n) is 7.52. The van der Waals surface area contributed by atoms with Crippen LogP contribution in [0.1, 0.15) is 20.8 Å². The van der Waals surface area contributed by atoms with Gasteiger partial charge in [-0.1, -0.05) is 25.3 Å². The van der Waals surface area contributed by atoms with E-state index in [1.165, 1.54) is 0 Å². The first-order valence-corrected chi connectivity index (χ1v) is 3.58. The van der Waals surface area contributed by atoms with Crippen molar-refractivity contribution in [2.24, 2.45) is 4.99 Å². The maximum absolute atomic E-state index is 4.20. The van der Waals surface area contributed by atoms with E-state index in [4.69, 9.17) is 0 Å². The van der Waals surface area contributed by atoms with Crippen LogP contribution in [0.3, 0.4) is 0 Å². The van der Waals surface area contributed by atoms with E-state index in [9.17, 15) is 0 Å². The molecule has 0 rings (SSSR count). The molecule has 0 aromatic rings. The molecular weight excluding hydrogens is 134 g/mol. The fourth-order valence-corrected chi connectivity index (χ4v) is 0.672. The molecule has 0 bridgehead atoms. The molecule has 0 N–H and O–H groups in total. The van der Waals surface area contributed by atoms with E-state index in [1.807, 2.05) is 26.8 Å². The van der Waals surface area contributed by atoms with Crippen molar-refractivity contribution in [2.75, 3.05) is 0 Å². The standard InChI is InChI=1S/C10H15N/c1-6-7-9(4)10(5)11-8(2)3/h6-7H,1-2H2,3-5H3/b9-7-,11-10-. The fourth-order valence-electron chi connectivity index (χ4n) is 0.672. The molecule has 11 heavy (non-hydrogen) atoms. The summed E-state index contributed by atoms with van der Waals surface area (Å²) < 4.78 is 0. The van der Waals surface area contributed by atoms with E-state index in [1.54, 1.807) is 6.08 Å². The minimum absolute atomic E-state index is 0.833. The van der Waals surface area contributed by atoms with Gasteiger partial charge in [0.15, 0.2) is 0 Å². The van der Waals surface area contributed by atoms with Crippen molar-refractivity contribution >= 4 is 5.71 Å². The average molecular weight is 149 g/mol. The highest BCUT2D eigenvalue weighted by atomic mass is 14.7. The molecule has 0 spiro atoms. The van der Waals surface area contributed by atoms with Crippen LogP contribution in [0.4, 0.5) is 0 Å². The SMILES string of the molecule is C=C/C=C(C)\C(C)=N/C(=C)C. The molecule has 0 aromatic carbocycles. The smallest absolute Gasteiger partial charge is 0.0404 e. The third-order valence-electron chi connectivity index (χ3n) is 1.30. The van der Waals surface area contributed by atoms with E-state index in [-0.39, 0.29) is 0 Å². The van der Waals surface area contributed by atoms with Crippen molar-refractivity contribution in [3.05, 3.63) is 36.6 Å². The molecular formula is C10H15N. The molecule has 60 valence electrons. The minimum Gasteiger partial charge on any atom is -0.259 e. The van der Waals surface area contributed by atoms with Crippen LogP contribution in [0.2, 0.25) is 0 Å². The van der Waals surface area contributed by atoms with E-state index >= 15 is 0 Å². The van der Waals surface area contributed by atoms with Crippen LogP contribution in [0.5, 0.6) is 0 Å². The molecule has 0 heterocycles. The highest BCUT2D eigenvalue weighted by Gasteiger charge is 1.91. The fraction of sp³-hybridized carbons (Fsp3) is 0.300. The Bertz CT molecular complexity index is 219. The molecule has 0 saturated heterocycles. The van der Waals surface area contributed by atoms with Gasteiger partial charge in [0.05, 0.1) is 0 Å². The number of hydrogen-bond acceptors (Lipinski definition) is 1. The van der Waals surface area contributed by atoms with Crippen LogP contribution in [-0.4, -0.2) is 5.71 Å². The van der Waals surface area contributed by atoms with Crippen molar-refractivity contribution in [2.45, 2.75) is 20.8 Å². The maximum Gasteiger partial charge on any atom is 0.0404 e. The van der Waals surface area contributed by atoms with Gasteiger partial charge in [-0.3, -0.25) is 4.99 Å². The maximum atomic E-state index is 4.20. The van der Waals surface area contributed by atoms with Gasteiger partial charge >= 0.3 is 0 Å². The van der Waals surface area contributed by atoms with Crippen molar-refractivity contribution in [3.8, 4) is 0 Å². The van der Waals surface area contributed by atoms with Crippen LogP contribution >= 0.6 is 0 Å². The lowest BCUT2D eigenvalue weighted by molar-refractivity contribution is 1.30. The number of allylic oxidation sites excluding steroid dienone is 4. The Balaban J connectivity index is 4.47. The van der Waals surface area contributed by atoms with Crippen LogP contribution in [0, 0.1) is 0 Å². The van der Waals surface area contributed by atoms with E-state index in [2.05, 4.69) is 18.2 Å². The molecule has 0 aliphatic carbocycles. The van der Waals surface area contributed by atoms with Crippen LogP contribution < -0.4 is 0 Å². The molecule has 1 heteroatoms. The number of aliphatic imine (C=N–C) groups is 1. The second kappa shape index (κ2) is 4.67. The summed E-state index contributed by atoms with van der Waals surface area (Å²) in [6, 6.07) is 0. The first-order valence-electron chi connectivity index (χ1n) is 3.58. The van der Waals surface area contributed by atoms with Gasteiger partial charge in [0.1, 0.15) is 0 Å². The van der Waals surface area contributed by atoms with Crippen LogP contribution in [-0.2, 0) is 0 Å². The zero-order valence-corrected chi connectivity index (χ0v) is 7.52. The molecule has 0 aliphatic rings. The largest absolute Gasteiger partial charge is 0.259 e. The third-order valence-corrected chi connectivity index (χ3v) is 1.30. The van der Waals surface area contributed by atoms with Gasteiger partial charge in [-0.05, 0) is 26.3 Å². The van der Waals surface area contributed by atoms with Crippen molar-refractivity contribution < 1.29 is 0 Å². The predicted octanol–water partition coefficient (Wildman–Crippen LogP) is 3.11. The van der Waals surface area contributed by atoms with E-state index < -0.39 is 0 Å². The highest BCUT2D eigenvalue weighted by Crippen LogP contribution is 2.00. The monoisotopic (exact) mass is 149 g/mol. The Labute approximate surface area is 68.9 Å². The van der Waals surface area contributed by atoms with Gasteiger partial charge in [0.25, 0.3) is 0 Å². The average Bonchev–Trinajstić information content (AvgIpc) is 1.86. The summed E-state index contributed by atoms with van der Waals surface area (Å²) in [5.74, 6) is 0. The van der Waals surface area contributed by atoms with Crippen molar-refractivity contribution in [1.82, 2.24) is 0 Å². The molecule has 1 nitrogen and oxygen atoms in total. The summed E-state index contributed by atoms with van der Waals surface area (Å²) in [6.45, 7) is 13.2. The lowest BCUT2D eigenvalue weighted by Crippen LogP contribution is -1.92. The van der Waals surface area contributed by atoms with Gasteiger partial charge in [-0.25, -0.2) is 0 Å². The van der Waals surface area contributed by atoms with Gasteiger partial charge in [-0.2, -0.15) is 0 Å². The van der Waals surface area contributed by atoms with Crippen LogP contribution in [0.15, 0.2) is 41.6 Å². The zero-order chi connectivity index (χ0) is 8.85. The lowest BCUT2D eigenvalue weighted by atomic mass is 10.2. The highest BCUT2D eigenvalue weighted by molar-refractivity contribution is 5.98. The Kier molecular flexibility index (Phi) is 4.20. The Hall–Kier alpha value is -1.11. The Morgan fingerprint density at radius 1 is 1.27 bits per heavy atom. The molecule has 0 atom stereocenters. The number of nitrogens with zero attached hydrogens (tertiary/aromatic N) is 1.